The summed E-state index contributed by atoms with van der Waals surface area (Å²) in [5.74, 6) is -2.88. The number of benzene rings is 1. The van der Waals surface area contributed by atoms with Crippen molar-refractivity contribution in [3.05, 3.63) is 41.1 Å². The number of methoxy groups -OCH3 is 1. The van der Waals surface area contributed by atoms with Gasteiger partial charge in [-0.05, 0) is 23.8 Å². The van der Waals surface area contributed by atoms with Gasteiger partial charge in [0.25, 0.3) is 0 Å². The summed E-state index contributed by atoms with van der Waals surface area (Å²) in [5, 5.41) is 2.22. The Morgan fingerprint density at radius 1 is 1.22 bits per heavy atom. The van der Waals surface area contributed by atoms with Crippen LogP contribution in [0.1, 0.15) is 12.5 Å². The van der Waals surface area contributed by atoms with E-state index in [2.05, 4.69) is 10.1 Å². The smallest absolute Gasteiger partial charge is 0.354 e. The molecule has 1 aromatic carbocycles. The number of hydrogen-bond donors (Lipinski definition) is 1. The van der Waals surface area contributed by atoms with Crippen LogP contribution in [0, 0.1) is 11.6 Å². The van der Waals surface area contributed by atoms with Gasteiger partial charge in [-0.3, -0.25) is 4.79 Å². The van der Waals surface area contributed by atoms with E-state index in [1.165, 1.54) is 6.92 Å². The van der Waals surface area contributed by atoms with Crippen molar-refractivity contribution in [3.8, 4) is 0 Å². The molecule has 1 amide bonds. The third-order valence-corrected chi connectivity index (χ3v) is 1.91. The SMILES string of the molecule is COC(=O)C(=Cc1cc(F)cc(F)c1)NC(C)=O. The molecule has 0 bridgehead atoms. The van der Waals surface area contributed by atoms with E-state index in [1.807, 2.05) is 0 Å². The molecule has 18 heavy (non-hydrogen) atoms. The van der Waals surface area contributed by atoms with Gasteiger partial charge < -0.3 is 10.1 Å². The highest BCUT2D eigenvalue weighted by molar-refractivity contribution is 5.97. The third-order valence-electron chi connectivity index (χ3n) is 1.91. The normalized spacial score (nSPS) is 11.0. The summed E-state index contributed by atoms with van der Waals surface area (Å²) in [4.78, 5) is 22.2. The lowest BCUT2D eigenvalue weighted by Crippen LogP contribution is -2.25. The van der Waals surface area contributed by atoms with Crippen LogP contribution < -0.4 is 5.32 Å². The number of carbonyl (C=O) groups is 2. The summed E-state index contributed by atoms with van der Waals surface area (Å²) in [7, 11) is 1.13. The Morgan fingerprint density at radius 2 is 1.78 bits per heavy atom. The Bertz CT molecular complexity index is 492. The van der Waals surface area contributed by atoms with Gasteiger partial charge in [-0.2, -0.15) is 0 Å². The fourth-order valence-corrected chi connectivity index (χ4v) is 1.27. The monoisotopic (exact) mass is 255 g/mol. The Morgan fingerprint density at radius 3 is 2.22 bits per heavy atom. The van der Waals surface area contributed by atoms with Gasteiger partial charge in [0.15, 0.2) is 0 Å². The maximum atomic E-state index is 13.0. The molecule has 0 saturated carbocycles. The van der Waals surface area contributed by atoms with Crippen molar-refractivity contribution in [2.75, 3.05) is 7.11 Å². The number of esters is 1. The highest BCUT2D eigenvalue weighted by Crippen LogP contribution is 2.11. The highest BCUT2D eigenvalue weighted by Gasteiger charge is 2.11. The van der Waals surface area contributed by atoms with Crippen molar-refractivity contribution >= 4 is 18.0 Å². The van der Waals surface area contributed by atoms with Gasteiger partial charge in [-0.15, -0.1) is 0 Å². The summed E-state index contributed by atoms with van der Waals surface area (Å²) in [6.45, 7) is 1.20. The molecule has 0 aliphatic heterocycles. The minimum Gasteiger partial charge on any atom is -0.464 e. The van der Waals surface area contributed by atoms with Crippen LogP contribution in [0.25, 0.3) is 6.08 Å². The standard InChI is InChI=1S/C12H11F2NO3/c1-7(16)15-11(12(17)18-2)5-8-3-9(13)6-10(14)4-8/h3-6H,1-2H3,(H,15,16). The number of amides is 1. The number of halogens is 2. The van der Waals surface area contributed by atoms with Crippen molar-refractivity contribution in [1.82, 2.24) is 5.32 Å². The second-order valence-corrected chi connectivity index (χ2v) is 3.43. The lowest BCUT2D eigenvalue weighted by atomic mass is 10.2. The summed E-state index contributed by atoms with van der Waals surface area (Å²) < 4.78 is 30.3. The third kappa shape index (κ3) is 3.97. The molecule has 1 aromatic rings. The van der Waals surface area contributed by atoms with Gasteiger partial charge in [-0.25, -0.2) is 13.6 Å². The Hall–Kier alpha value is -2.24. The molecule has 0 atom stereocenters. The Balaban J connectivity index is 3.13. The first kappa shape index (κ1) is 13.8. The van der Waals surface area contributed by atoms with Crippen molar-refractivity contribution in [3.63, 3.8) is 0 Å². The Kier molecular flexibility index (Phi) is 4.53. The number of rotatable bonds is 3. The molecular weight excluding hydrogens is 244 g/mol. The van der Waals surface area contributed by atoms with Crippen LogP contribution in [0.4, 0.5) is 8.78 Å². The summed E-state index contributed by atoms with van der Waals surface area (Å²) >= 11 is 0. The molecule has 0 unspecified atom stereocenters. The summed E-state index contributed by atoms with van der Waals surface area (Å²) in [5.41, 5.74) is -0.100. The van der Waals surface area contributed by atoms with Gasteiger partial charge in [0.2, 0.25) is 5.91 Å². The molecule has 0 heterocycles. The molecule has 0 aliphatic carbocycles. The molecule has 0 aromatic heterocycles. The van der Waals surface area contributed by atoms with E-state index in [9.17, 15) is 18.4 Å². The zero-order valence-electron chi connectivity index (χ0n) is 9.79. The first-order chi connectivity index (χ1) is 8.42. The lowest BCUT2D eigenvalue weighted by molar-refractivity contribution is -0.137. The molecule has 1 N–H and O–H groups in total. The van der Waals surface area contributed by atoms with Crippen LogP contribution in [0.15, 0.2) is 23.9 Å². The maximum Gasteiger partial charge on any atom is 0.354 e. The molecule has 0 radical (unpaired) electrons. The Labute approximate surface area is 102 Å². The van der Waals surface area contributed by atoms with Gasteiger partial charge >= 0.3 is 5.97 Å². The van der Waals surface area contributed by atoms with Crippen LogP contribution in [0.3, 0.4) is 0 Å². The van der Waals surface area contributed by atoms with Crippen molar-refractivity contribution < 1.29 is 23.1 Å². The highest BCUT2D eigenvalue weighted by atomic mass is 19.1. The van der Waals surface area contributed by atoms with Crippen LogP contribution in [0.2, 0.25) is 0 Å². The van der Waals surface area contributed by atoms with Crippen molar-refractivity contribution in [1.29, 1.82) is 0 Å². The predicted octanol–water partition coefficient (Wildman–Crippen LogP) is 1.61. The van der Waals surface area contributed by atoms with Gasteiger partial charge in [0, 0.05) is 13.0 Å². The second-order valence-electron chi connectivity index (χ2n) is 3.43. The molecule has 0 fully saturated rings. The first-order valence-electron chi connectivity index (χ1n) is 4.96. The minimum absolute atomic E-state index is 0.0988. The molecular formula is C12H11F2NO3. The molecule has 0 spiro atoms. The van der Waals surface area contributed by atoms with E-state index in [1.54, 1.807) is 0 Å². The maximum absolute atomic E-state index is 13.0. The molecule has 0 saturated heterocycles. The van der Waals surface area contributed by atoms with Crippen molar-refractivity contribution in [2.24, 2.45) is 0 Å². The van der Waals surface area contributed by atoms with Crippen LogP contribution in [-0.2, 0) is 14.3 Å². The zero-order chi connectivity index (χ0) is 13.7. The second kappa shape index (κ2) is 5.90. The summed E-state index contributed by atoms with van der Waals surface area (Å²) in [6, 6.07) is 2.75. The topological polar surface area (TPSA) is 55.4 Å². The average Bonchev–Trinajstić information content (AvgIpc) is 2.25. The van der Waals surface area contributed by atoms with Crippen LogP contribution in [0.5, 0.6) is 0 Å². The van der Waals surface area contributed by atoms with Crippen LogP contribution >= 0.6 is 0 Å². The average molecular weight is 255 g/mol. The van der Waals surface area contributed by atoms with E-state index in [4.69, 9.17) is 0 Å². The number of carbonyl (C=O) groups excluding carboxylic acids is 2. The summed E-state index contributed by atoms with van der Waals surface area (Å²) in [6.07, 6.45) is 1.12. The zero-order valence-corrected chi connectivity index (χ0v) is 9.79. The lowest BCUT2D eigenvalue weighted by Gasteiger charge is -2.06. The quantitative estimate of drug-likeness (QED) is 0.659. The number of ether oxygens (including phenoxy) is 1. The molecule has 96 valence electrons. The van der Waals surface area contributed by atoms with Crippen LogP contribution in [-0.4, -0.2) is 19.0 Å². The first-order valence-corrected chi connectivity index (χ1v) is 4.96. The minimum atomic E-state index is -0.810. The van der Waals surface area contributed by atoms with E-state index in [-0.39, 0.29) is 11.3 Å². The van der Waals surface area contributed by atoms with Gasteiger partial charge in [0.05, 0.1) is 7.11 Å². The van der Waals surface area contributed by atoms with Gasteiger partial charge in [0.1, 0.15) is 17.3 Å². The number of hydrogen-bond acceptors (Lipinski definition) is 3. The molecule has 0 aliphatic rings. The van der Waals surface area contributed by atoms with Gasteiger partial charge in [-0.1, -0.05) is 0 Å². The van der Waals surface area contributed by atoms with E-state index in [0.29, 0.717) is 6.07 Å². The predicted molar refractivity (Wildman–Crippen MR) is 60.2 cm³/mol. The fraction of sp³-hybridized carbons (Fsp3) is 0.167. The molecule has 1 rings (SSSR count). The molecule has 4 nitrogen and oxygen atoms in total. The fourth-order valence-electron chi connectivity index (χ4n) is 1.27. The molecule has 6 heteroatoms. The van der Waals surface area contributed by atoms with E-state index < -0.39 is 23.5 Å². The van der Waals surface area contributed by atoms with E-state index >= 15 is 0 Å². The van der Waals surface area contributed by atoms with E-state index in [0.717, 1.165) is 25.3 Å². The number of nitrogens with one attached hydrogen (secondary N) is 1. The van der Waals surface area contributed by atoms with Crippen molar-refractivity contribution in [2.45, 2.75) is 6.92 Å². The largest absolute Gasteiger partial charge is 0.464 e.